The average molecular weight is 391 g/mol. The van der Waals surface area contributed by atoms with Gasteiger partial charge in [-0.15, -0.1) is 11.3 Å². The first-order valence-corrected chi connectivity index (χ1v) is 10.3. The van der Waals surface area contributed by atoms with Gasteiger partial charge in [-0.05, 0) is 31.0 Å². The first kappa shape index (κ1) is 16.2. The molecular formula is C21H17N3O3S. The number of likely N-dealkylation sites (tertiary alicyclic amines) is 1. The van der Waals surface area contributed by atoms with Gasteiger partial charge in [-0.3, -0.25) is 4.79 Å². The molecule has 1 unspecified atom stereocenters. The molecule has 1 saturated heterocycles. The van der Waals surface area contributed by atoms with Gasteiger partial charge in [-0.2, -0.15) is 0 Å². The van der Waals surface area contributed by atoms with E-state index in [1.165, 1.54) is 0 Å². The van der Waals surface area contributed by atoms with E-state index in [0.29, 0.717) is 25.2 Å². The first-order valence-electron chi connectivity index (χ1n) is 9.46. The normalized spacial score (nSPS) is 24.6. The molecule has 7 heteroatoms. The smallest absolute Gasteiger partial charge is 0.358 e. The summed E-state index contributed by atoms with van der Waals surface area (Å²) < 4.78 is 6.85. The van der Waals surface area contributed by atoms with Crippen LogP contribution in [0, 0.1) is 0 Å². The lowest BCUT2D eigenvalue weighted by molar-refractivity contribution is -0.134. The van der Waals surface area contributed by atoms with Crippen molar-refractivity contribution >= 4 is 33.4 Å². The molecule has 140 valence electrons. The van der Waals surface area contributed by atoms with E-state index in [9.17, 15) is 9.59 Å². The minimum atomic E-state index is -0.750. The van der Waals surface area contributed by atoms with Crippen LogP contribution in [-0.4, -0.2) is 39.8 Å². The second-order valence-electron chi connectivity index (χ2n) is 7.83. The van der Waals surface area contributed by atoms with E-state index < -0.39 is 17.0 Å². The summed E-state index contributed by atoms with van der Waals surface area (Å²) in [6.45, 7) is 0.968. The Kier molecular flexibility index (Phi) is 3.11. The van der Waals surface area contributed by atoms with Gasteiger partial charge in [0.05, 0.1) is 16.8 Å². The largest absolute Gasteiger partial charge is 0.447 e. The van der Waals surface area contributed by atoms with Crippen LogP contribution in [0.1, 0.15) is 40.3 Å². The fraction of sp³-hybridized carbons (Fsp3) is 0.333. The lowest BCUT2D eigenvalue weighted by atomic mass is 9.94. The van der Waals surface area contributed by atoms with Crippen molar-refractivity contribution in [2.75, 3.05) is 13.1 Å². The fourth-order valence-electron chi connectivity index (χ4n) is 4.50. The third kappa shape index (κ3) is 2.08. The number of nitrogens with zero attached hydrogens (tertiary/aromatic N) is 3. The lowest BCUT2D eigenvalue weighted by Gasteiger charge is -2.25. The molecule has 1 aromatic carbocycles. The van der Waals surface area contributed by atoms with Crippen molar-refractivity contribution in [3.8, 4) is 0 Å². The number of thiazole rings is 1. The van der Waals surface area contributed by atoms with E-state index in [1.54, 1.807) is 17.5 Å². The standard InChI is InChI=1S/C21H17N3O3S/c25-17-16-13(4-3-10-22-16)21(27-17)9-11-24(12-21)19(26)20(7-8-20)18-23-14-5-1-2-6-15(14)28-18/h1-6,10H,7-9,11-12H2. The molecule has 2 aliphatic heterocycles. The fourth-order valence-corrected chi connectivity index (χ4v) is 5.70. The highest BCUT2D eigenvalue weighted by Gasteiger charge is 2.59. The number of hydrogen-bond donors (Lipinski definition) is 0. The number of benzene rings is 1. The summed E-state index contributed by atoms with van der Waals surface area (Å²) in [5.41, 5.74) is 0.878. The summed E-state index contributed by atoms with van der Waals surface area (Å²) in [5.74, 6) is -0.283. The van der Waals surface area contributed by atoms with E-state index >= 15 is 0 Å². The second-order valence-corrected chi connectivity index (χ2v) is 8.86. The van der Waals surface area contributed by atoms with Gasteiger partial charge < -0.3 is 9.64 Å². The van der Waals surface area contributed by atoms with Crippen LogP contribution in [0.4, 0.5) is 0 Å². The minimum absolute atomic E-state index is 0.108. The Labute approximate surface area is 165 Å². The number of ether oxygens (including phenoxy) is 1. The minimum Gasteiger partial charge on any atom is -0.447 e. The highest BCUT2D eigenvalue weighted by Crippen LogP contribution is 2.53. The van der Waals surface area contributed by atoms with Crippen LogP contribution < -0.4 is 0 Å². The number of aromatic nitrogens is 2. The average Bonchev–Trinajstić information content (AvgIpc) is 3.11. The molecule has 0 bridgehead atoms. The van der Waals surface area contributed by atoms with Gasteiger partial charge in [0.25, 0.3) is 0 Å². The van der Waals surface area contributed by atoms with Gasteiger partial charge in [0.1, 0.15) is 10.4 Å². The Bertz CT molecular complexity index is 1120. The first-order chi connectivity index (χ1) is 13.6. The summed E-state index contributed by atoms with van der Waals surface area (Å²) in [6.07, 6.45) is 3.86. The molecule has 0 N–H and O–H groups in total. The number of para-hydroxylation sites is 1. The Morgan fingerprint density at radius 2 is 2.00 bits per heavy atom. The number of carbonyl (C=O) groups excluding carboxylic acids is 2. The van der Waals surface area contributed by atoms with Crippen LogP contribution in [0.2, 0.25) is 0 Å². The summed E-state index contributed by atoms with van der Waals surface area (Å²) in [7, 11) is 0. The van der Waals surface area contributed by atoms with Crippen LogP contribution in [0.5, 0.6) is 0 Å². The van der Waals surface area contributed by atoms with Crippen LogP contribution in [0.25, 0.3) is 10.2 Å². The monoisotopic (exact) mass is 391 g/mol. The Balaban J connectivity index is 1.32. The predicted molar refractivity (Wildman–Crippen MR) is 103 cm³/mol. The van der Waals surface area contributed by atoms with Crippen molar-refractivity contribution < 1.29 is 14.3 Å². The number of fused-ring (bicyclic) bond motifs is 3. The maximum Gasteiger partial charge on any atom is 0.358 e. The molecule has 1 aliphatic carbocycles. The van der Waals surface area contributed by atoms with E-state index in [4.69, 9.17) is 9.72 Å². The van der Waals surface area contributed by atoms with Crippen LogP contribution in [-0.2, 0) is 20.5 Å². The molecule has 6 nitrogen and oxygen atoms in total. The van der Waals surface area contributed by atoms with Crippen LogP contribution in [0.3, 0.4) is 0 Å². The van der Waals surface area contributed by atoms with Crippen molar-refractivity contribution in [2.24, 2.45) is 0 Å². The third-order valence-electron chi connectivity index (χ3n) is 6.16. The molecule has 3 aromatic rings. The third-order valence-corrected chi connectivity index (χ3v) is 7.40. The van der Waals surface area contributed by atoms with Crippen molar-refractivity contribution in [2.45, 2.75) is 30.3 Å². The highest BCUT2D eigenvalue weighted by molar-refractivity contribution is 7.18. The van der Waals surface area contributed by atoms with E-state index in [0.717, 1.165) is 33.6 Å². The number of esters is 1. The zero-order chi connectivity index (χ0) is 18.9. The van der Waals surface area contributed by atoms with E-state index in [-0.39, 0.29) is 5.91 Å². The number of carbonyl (C=O) groups is 2. The second kappa shape index (κ2) is 5.38. The lowest BCUT2D eigenvalue weighted by Crippen LogP contribution is -2.40. The van der Waals surface area contributed by atoms with Crippen LogP contribution >= 0.6 is 11.3 Å². The molecule has 1 spiro atoms. The molecule has 1 amide bonds. The molecule has 4 heterocycles. The number of amides is 1. The summed E-state index contributed by atoms with van der Waals surface area (Å²) in [5, 5.41) is 0.908. The summed E-state index contributed by atoms with van der Waals surface area (Å²) in [6, 6.07) is 11.7. The van der Waals surface area contributed by atoms with E-state index in [1.807, 2.05) is 41.3 Å². The zero-order valence-corrected chi connectivity index (χ0v) is 15.9. The molecule has 6 rings (SSSR count). The zero-order valence-electron chi connectivity index (χ0n) is 15.1. The van der Waals surface area contributed by atoms with Gasteiger partial charge in [-0.1, -0.05) is 18.2 Å². The van der Waals surface area contributed by atoms with Crippen molar-refractivity contribution in [1.82, 2.24) is 14.9 Å². The Morgan fingerprint density at radius 3 is 2.82 bits per heavy atom. The Morgan fingerprint density at radius 1 is 1.14 bits per heavy atom. The molecule has 2 aromatic heterocycles. The molecule has 28 heavy (non-hydrogen) atoms. The SMILES string of the molecule is O=C1OC2(CCN(C(=O)C3(c4nc5ccccc5s4)CC3)C2)c2cccnc21. The van der Waals surface area contributed by atoms with Crippen molar-refractivity contribution in [1.29, 1.82) is 0 Å². The topological polar surface area (TPSA) is 72.4 Å². The van der Waals surface area contributed by atoms with Crippen molar-refractivity contribution in [3.05, 3.63) is 58.9 Å². The maximum absolute atomic E-state index is 13.5. The maximum atomic E-state index is 13.5. The number of hydrogen-bond acceptors (Lipinski definition) is 6. The van der Waals surface area contributed by atoms with Gasteiger partial charge in [0.2, 0.25) is 5.91 Å². The van der Waals surface area contributed by atoms with Gasteiger partial charge in [0, 0.05) is 24.7 Å². The number of rotatable bonds is 2. The molecule has 1 atom stereocenters. The van der Waals surface area contributed by atoms with Crippen LogP contribution in [0.15, 0.2) is 42.6 Å². The molecule has 3 aliphatic rings. The quantitative estimate of drug-likeness (QED) is 0.628. The summed E-state index contributed by atoms with van der Waals surface area (Å²) in [4.78, 5) is 36.5. The van der Waals surface area contributed by atoms with Gasteiger partial charge in [-0.25, -0.2) is 14.8 Å². The molecule has 2 fully saturated rings. The van der Waals surface area contributed by atoms with Gasteiger partial charge in [0.15, 0.2) is 11.3 Å². The molecule has 1 saturated carbocycles. The van der Waals surface area contributed by atoms with Crippen molar-refractivity contribution in [3.63, 3.8) is 0 Å². The highest BCUT2D eigenvalue weighted by atomic mass is 32.1. The molecular weight excluding hydrogens is 374 g/mol. The van der Waals surface area contributed by atoms with Gasteiger partial charge >= 0.3 is 5.97 Å². The Hall–Kier alpha value is -2.80. The number of pyridine rings is 1. The van der Waals surface area contributed by atoms with E-state index in [2.05, 4.69) is 4.98 Å². The summed E-state index contributed by atoms with van der Waals surface area (Å²) >= 11 is 1.61. The predicted octanol–water partition coefficient (Wildman–Crippen LogP) is 3.02. The molecule has 0 radical (unpaired) electrons.